The van der Waals surface area contributed by atoms with Crippen molar-refractivity contribution in [3.63, 3.8) is 0 Å². The number of nitrogen functional groups attached to an aromatic ring is 1. The van der Waals surface area contributed by atoms with Crippen LogP contribution in [0.3, 0.4) is 0 Å². The molecular formula is C16H16FNO2. The number of benzene rings is 2. The van der Waals surface area contributed by atoms with E-state index in [0.29, 0.717) is 6.61 Å². The Morgan fingerprint density at radius 1 is 1.15 bits per heavy atom. The van der Waals surface area contributed by atoms with Gasteiger partial charge in [0.15, 0.2) is 0 Å². The van der Waals surface area contributed by atoms with Crippen LogP contribution in [0.25, 0.3) is 0 Å². The number of hydrogen-bond donors (Lipinski definition) is 1. The highest BCUT2D eigenvalue weighted by Gasteiger charge is 2.11. The molecule has 0 amide bonds. The van der Waals surface area contributed by atoms with Crippen LogP contribution in [0.5, 0.6) is 0 Å². The first kappa shape index (κ1) is 14.1. The zero-order valence-electron chi connectivity index (χ0n) is 11.0. The van der Waals surface area contributed by atoms with Crippen LogP contribution in [0, 0.1) is 5.82 Å². The van der Waals surface area contributed by atoms with E-state index in [0.717, 1.165) is 18.9 Å². The van der Waals surface area contributed by atoms with E-state index in [1.54, 1.807) is 0 Å². The van der Waals surface area contributed by atoms with Crippen molar-refractivity contribution < 1.29 is 13.9 Å². The maximum Gasteiger partial charge on any atom is 0.340 e. The van der Waals surface area contributed by atoms with Crippen molar-refractivity contribution in [3.05, 3.63) is 65.5 Å². The molecule has 0 heterocycles. The summed E-state index contributed by atoms with van der Waals surface area (Å²) in [6.45, 7) is 0.310. The molecule has 2 N–H and O–H groups in total. The first-order valence-electron chi connectivity index (χ1n) is 6.43. The first-order valence-corrected chi connectivity index (χ1v) is 6.43. The standard InChI is InChI=1S/C16H16FNO2/c17-13-8-9-14(15(18)11-13)16(19)20-10-4-7-12-5-2-1-3-6-12/h1-3,5-6,8-9,11H,4,7,10,18H2. The minimum absolute atomic E-state index is 0.0954. The predicted molar refractivity (Wildman–Crippen MR) is 75.9 cm³/mol. The Morgan fingerprint density at radius 3 is 2.60 bits per heavy atom. The van der Waals surface area contributed by atoms with E-state index in [1.165, 1.54) is 17.7 Å². The molecule has 0 atom stereocenters. The van der Waals surface area contributed by atoms with Gasteiger partial charge in [-0.3, -0.25) is 0 Å². The van der Waals surface area contributed by atoms with Crippen LogP contribution in [0.15, 0.2) is 48.5 Å². The molecule has 3 nitrogen and oxygen atoms in total. The fourth-order valence-electron chi connectivity index (χ4n) is 1.88. The van der Waals surface area contributed by atoms with Crippen LogP contribution < -0.4 is 5.73 Å². The van der Waals surface area contributed by atoms with E-state index in [9.17, 15) is 9.18 Å². The van der Waals surface area contributed by atoms with Crippen molar-refractivity contribution in [1.82, 2.24) is 0 Å². The molecule has 2 rings (SSSR count). The minimum atomic E-state index is -0.518. The van der Waals surface area contributed by atoms with Crippen LogP contribution in [0.1, 0.15) is 22.3 Å². The monoisotopic (exact) mass is 273 g/mol. The number of anilines is 1. The molecule has 0 aliphatic rings. The number of nitrogens with two attached hydrogens (primary N) is 1. The van der Waals surface area contributed by atoms with Crippen LogP contribution in [-0.2, 0) is 11.2 Å². The third-order valence-electron chi connectivity index (χ3n) is 2.92. The molecule has 0 aliphatic heterocycles. The molecule has 0 aromatic heterocycles. The average molecular weight is 273 g/mol. The molecule has 20 heavy (non-hydrogen) atoms. The molecule has 0 aliphatic carbocycles. The summed E-state index contributed by atoms with van der Waals surface area (Å²) in [5.74, 6) is -0.987. The van der Waals surface area contributed by atoms with Gasteiger partial charge in [0.2, 0.25) is 0 Å². The van der Waals surface area contributed by atoms with E-state index in [2.05, 4.69) is 0 Å². The van der Waals surface area contributed by atoms with Gasteiger partial charge in [-0.15, -0.1) is 0 Å². The number of carbonyl (C=O) groups excluding carboxylic acids is 1. The Morgan fingerprint density at radius 2 is 1.90 bits per heavy atom. The largest absolute Gasteiger partial charge is 0.462 e. The highest BCUT2D eigenvalue weighted by molar-refractivity contribution is 5.94. The van der Waals surface area contributed by atoms with Crippen LogP contribution >= 0.6 is 0 Å². The molecule has 0 saturated heterocycles. The molecular weight excluding hydrogens is 257 g/mol. The highest BCUT2D eigenvalue weighted by atomic mass is 19.1. The zero-order chi connectivity index (χ0) is 14.4. The molecule has 0 spiro atoms. The number of ether oxygens (including phenoxy) is 1. The van der Waals surface area contributed by atoms with Gasteiger partial charge in [0.05, 0.1) is 12.2 Å². The van der Waals surface area contributed by atoms with Gasteiger partial charge in [-0.25, -0.2) is 9.18 Å². The second kappa shape index (κ2) is 6.70. The Hall–Kier alpha value is -2.36. The number of rotatable bonds is 5. The normalized spacial score (nSPS) is 10.2. The summed E-state index contributed by atoms with van der Waals surface area (Å²) in [4.78, 5) is 11.8. The Labute approximate surface area is 117 Å². The summed E-state index contributed by atoms with van der Waals surface area (Å²) in [7, 11) is 0. The van der Waals surface area contributed by atoms with Gasteiger partial charge in [0.25, 0.3) is 0 Å². The summed E-state index contributed by atoms with van der Waals surface area (Å²) in [5, 5.41) is 0. The Balaban J connectivity index is 1.80. The molecule has 0 unspecified atom stereocenters. The topological polar surface area (TPSA) is 52.3 Å². The highest BCUT2D eigenvalue weighted by Crippen LogP contribution is 2.14. The van der Waals surface area contributed by atoms with E-state index < -0.39 is 11.8 Å². The van der Waals surface area contributed by atoms with Gasteiger partial charge < -0.3 is 10.5 Å². The number of aryl methyl sites for hydroxylation is 1. The third kappa shape index (κ3) is 3.82. The van der Waals surface area contributed by atoms with E-state index in [-0.39, 0.29) is 11.3 Å². The summed E-state index contributed by atoms with van der Waals surface area (Å²) >= 11 is 0. The lowest BCUT2D eigenvalue weighted by Gasteiger charge is -2.07. The molecule has 4 heteroatoms. The number of hydrogen-bond acceptors (Lipinski definition) is 3. The van der Waals surface area contributed by atoms with Crippen molar-refractivity contribution in [1.29, 1.82) is 0 Å². The van der Waals surface area contributed by atoms with Crippen molar-refractivity contribution in [2.75, 3.05) is 12.3 Å². The van der Waals surface area contributed by atoms with E-state index >= 15 is 0 Å². The molecule has 0 saturated carbocycles. The lowest BCUT2D eigenvalue weighted by atomic mass is 10.1. The average Bonchev–Trinajstić information content (AvgIpc) is 2.44. The van der Waals surface area contributed by atoms with Gasteiger partial charge in [-0.2, -0.15) is 0 Å². The maximum absolute atomic E-state index is 12.9. The van der Waals surface area contributed by atoms with Crippen molar-refractivity contribution in [2.45, 2.75) is 12.8 Å². The summed E-state index contributed by atoms with van der Waals surface area (Å²) in [6, 6.07) is 13.6. The smallest absolute Gasteiger partial charge is 0.340 e. The van der Waals surface area contributed by atoms with Crippen molar-refractivity contribution in [2.24, 2.45) is 0 Å². The quantitative estimate of drug-likeness (QED) is 0.517. The molecule has 104 valence electrons. The number of esters is 1. The van der Waals surface area contributed by atoms with E-state index in [1.807, 2.05) is 30.3 Å². The van der Waals surface area contributed by atoms with Crippen molar-refractivity contribution in [3.8, 4) is 0 Å². The summed E-state index contributed by atoms with van der Waals surface area (Å²) in [6.07, 6.45) is 1.57. The van der Waals surface area contributed by atoms with Crippen molar-refractivity contribution >= 4 is 11.7 Å². The van der Waals surface area contributed by atoms with Gasteiger partial charge in [-0.05, 0) is 36.6 Å². The minimum Gasteiger partial charge on any atom is -0.462 e. The second-order valence-electron chi connectivity index (χ2n) is 4.46. The fraction of sp³-hybridized carbons (Fsp3) is 0.188. The van der Waals surface area contributed by atoms with Gasteiger partial charge in [0, 0.05) is 5.69 Å². The van der Waals surface area contributed by atoms with Crippen LogP contribution in [0.4, 0.5) is 10.1 Å². The number of halogens is 1. The lowest BCUT2D eigenvalue weighted by molar-refractivity contribution is 0.0502. The SMILES string of the molecule is Nc1cc(F)ccc1C(=O)OCCCc1ccccc1. The lowest BCUT2D eigenvalue weighted by Crippen LogP contribution is -2.10. The van der Waals surface area contributed by atoms with Crippen LogP contribution in [-0.4, -0.2) is 12.6 Å². The maximum atomic E-state index is 12.9. The van der Waals surface area contributed by atoms with Gasteiger partial charge in [0.1, 0.15) is 5.82 Å². The van der Waals surface area contributed by atoms with Crippen LogP contribution in [0.2, 0.25) is 0 Å². The number of carbonyl (C=O) groups is 1. The molecule has 0 radical (unpaired) electrons. The Bertz CT molecular complexity index is 584. The molecule has 2 aromatic rings. The zero-order valence-corrected chi connectivity index (χ0v) is 11.0. The molecule has 0 fully saturated rings. The fourth-order valence-corrected chi connectivity index (χ4v) is 1.88. The first-order chi connectivity index (χ1) is 9.66. The summed E-state index contributed by atoms with van der Waals surface area (Å²) < 4.78 is 18.0. The molecule has 0 bridgehead atoms. The third-order valence-corrected chi connectivity index (χ3v) is 2.92. The van der Waals surface area contributed by atoms with Gasteiger partial charge in [-0.1, -0.05) is 30.3 Å². The van der Waals surface area contributed by atoms with E-state index in [4.69, 9.17) is 10.5 Å². The second-order valence-corrected chi connectivity index (χ2v) is 4.46. The predicted octanol–water partition coefficient (Wildman–Crippen LogP) is 3.20. The molecule has 2 aromatic carbocycles. The summed E-state index contributed by atoms with van der Waals surface area (Å²) in [5.41, 5.74) is 7.07. The Kier molecular flexibility index (Phi) is 4.71. The van der Waals surface area contributed by atoms with Gasteiger partial charge >= 0.3 is 5.97 Å².